The van der Waals surface area contributed by atoms with E-state index < -0.39 is 23.1 Å². The van der Waals surface area contributed by atoms with Crippen LogP contribution in [0, 0.1) is 5.41 Å². The summed E-state index contributed by atoms with van der Waals surface area (Å²) in [5.41, 5.74) is -0.604. The van der Waals surface area contributed by atoms with Crippen LogP contribution in [0.4, 0.5) is 13.2 Å². The standard InChI is InChI=1S/C18H18F3NO2S/c1-17(16(23)24)8-9-22(11-17)10-14-6-7-15(25-14)12-2-4-13(5-3-12)18(19,20)21/h2-7H,8-11H2,1H3,(H,23,24). The molecular weight excluding hydrogens is 351 g/mol. The molecule has 1 aliphatic rings. The van der Waals surface area contributed by atoms with Crippen LogP contribution in [0.3, 0.4) is 0 Å². The van der Waals surface area contributed by atoms with E-state index in [4.69, 9.17) is 0 Å². The van der Waals surface area contributed by atoms with Gasteiger partial charge in [-0.2, -0.15) is 13.2 Å². The normalized spacial score (nSPS) is 21.6. The van der Waals surface area contributed by atoms with E-state index in [2.05, 4.69) is 4.90 Å². The Morgan fingerprint density at radius 1 is 1.24 bits per heavy atom. The second kappa shape index (κ2) is 6.46. The zero-order valence-electron chi connectivity index (χ0n) is 13.6. The van der Waals surface area contributed by atoms with Crippen LogP contribution in [0.25, 0.3) is 10.4 Å². The highest BCUT2D eigenvalue weighted by Gasteiger charge is 2.40. The Morgan fingerprint density at radius 3 is 2.48 bits per heavy atom. The highest BCUT2D eigenvalue weighted by Crippen LogP contribution is 2.35. The maximum Gasteiger partial charge on any atom is 0.416 e. The maximum absolute atomic E-state index is 12.6. The van der Waals surface area contributed by atoms with Crippen LogP contribution in [0.5, 0.6) is 0 Å². The summed E-state index contributed by atoms with van der Waals surface area (Å²) in [6, 6.07) is 9.00. The molecule has 1 N–H and O–H groups in total. The number of hydrogen-bond donors (Lipinski definition) is 1. The van der Waals surface area contributed by atoms with E-state index in [-0.39, 0.29) is 0 Å². The van der Waals surface area contributed by atoms with E-state index >= 15 is 0 Å². The minimum absolute atomic E-state index is 0.510. The van der Waals surface area contributed by atoms with Gasteiger partial charge in [0.05, 0.1) is 11.0 Å². The van der Waals surface area contributed by atoms with Crippen molar-refractivity contribution in [2.24, 2.45) is 5.41 Å². The number of aliphatic carboxylic acids is 1. The number of halogens is 3. The molecule has 3 nitrogen and oxygen atoms in total. The van der Waals surface area contributed by atoms with E-state index in [0.29, 0.717) is 19.5 Å². The van der Waals surface area contributed by atoms with E-state index in [1.54, 1.807) is 6.92 Å². The molecule has 134 valence electrons. The average molecular weight is 369 g/mol. The Balaban J connectivity index is 1.68. The molecule has 1 aromatic heterocycles. The van der Waals surface area contributed by atoms with Crippen molar-refractivity contribution in [3.05, 3.63) is 46.8 Å². The summed E-state index contributed by atoms with van der Waals surface area (Å²) in [4.78, 5) is 15.4. The molecule has 1 aromatic carbocycles. The summed E-state index contributed by atoms with van der Waals surface area (Å²) in [6.07, 6.45) is -3.70. The average Bonchev–Trinajstić information content (AvgIpc) is 3.15. The third kappa shape index (κ3) is 3.88. The molecular formula is C18H18F3NO2S. The van der Waals surface area contributed by atoms with Gasteiger partial charge >= 0.3 is 12.1 Å². The summed E-state index contributed by atoms with van der Waals surface area (Å²) in [6.45, 7) is 3.66. The number of carboxylic acids is 1. The molecule has 0 bridgehead atoms. The van der Waals surface area contributed by atoms with Gasteiger partial charge in [-0.1, -0.05) is 12.1 Å². The van der Waals surface area contributed by atoms with E-state index in [0.717, 1.165) is 34.0 Å². The number of likely N-dealkylation sites (tertiary alicyclic amines) is 1. The topological polar surface area (TPSA) is 40.5 Å². The first-order chi connectivity index (χ1) is 11.7. The Kier molecular flexibility index (Phi) is 4.64. The molecule has 0 amide bonds. The Labute approximate surface area is 147 Å². The highest BCUT2D eigenvalue weighted by molar-refractivity contribution is 7.15. The molecule has 0 radical (unpaired) electrons. The Bertz CT molecular complexity index is 769. The molecule has 0 spiro atoms. The number of rotatable bonds is 4. The first-order valence-corrected chi connectivity index (χ1v) is 8.71. The molecule has 25 heavy (non-hydrogen) atoms. The molecule has 0 aliphatic carbocycles. The lowest BCUT2D eigenvalue weighted by atomic mass is 9.90. The van der Waals surface area contributed by atoms with Crippen LogP contribution in [-0.4, -0.2) is 29.1 Å². The van der Waals surface area contributed by atoms with Gasteiger partial charge in [0, 0.05) is 22.8 Å². The zero-order chi connectivity index (χ0) is 18.2. The largest absolute Gasteiger partial charge is 0.481 e. The van der Waals surface area contributed by atoms with Gasteiger partial charge in [0.25, 0.3) is 0 Å². The van der Waals surface area contributed by atoms with Crippen LogP contribution in [-0.2, 0) is 17.5 Å². The number of alkyl halides is 3. The summed E-state index contributed by atoms with van der Waals surface area (Å²) < 4.78 is 37.9. The van der Waals surface area contributed by atoms with Crippen molar-refractivity contribution in [3.63, 3.8) is 0 Å². The molecule has 1 saturated heterocycles. The van der Waals surface area contributed by atoms with Gasteiger partial charge in [0.1, 0.15) is 0 Å². The number of hydrogen-bond acceptors (Lipinski definition) is 3. The summed E-state index contributed by atoms with van der Waals surface area (Å²) in [7, 11) is 0. The fourth-order valence-electron chi connectivity index (χ4n) is 3.03. The lowest BCUT2D eigenvalue weighted by Gasteiger charge is -2.19. The first kappa shape index (κ1) is 17.9. The lowest BCUT2D eigenvalue weighted by Crippen LogP contribution is -2.31. The molecule has 1 atom stereocenters. The molecule has 2 aromatic rings. The van der Waals surface area contributed by atoms with Crippen molar-refractivity contribution in [1.82, 2.24) is 4.90 Å². The number of carbonyl (C=O) groups is 1. The van der Waals surface area contributed by atoms with E-state index in [1.807, 2.05) is 12.1 Å². The van der Waals surface area contributed by atoms with Crippen molar-refractivity contribution in [3.8, 4) is 10.4 Å². The molecule has 3 rings (SSSR count). The number of carboxylic acid groups (broad SMARTS) is 1. The highest BCUT2D eigenvalue weighted by atomic mass is 32.1. The van der Waals surface area contributed by atoms with Gasteiger partial charge < -0.3 is 5.11 Å². The smallest absolute Gasteiger partial charge is 0.416 e. The SMILES string of the molecule is CC1(C(=O)O)CCN(Cc2ccc(-c3ccc(C(F)(F)F)cc3)s2)C1. The van der Waals surface area contributed by atoms with Crippen LogP contribution in [0.15, 0.2) is 36.4 Å². The van der Waals surface area contributed by atoms with Crippen molar-refractivity contribution in [2.45, 2.75) is 26.1 Å². The van der Waals surface area contributed by atoms with Gasteiger partial charge in [0.2, 0.25) is 0 Å². The predicted molar refractivity (Wildman–Crippen MR) is 90.4 cm³/mol. The molecule has 7 heteroatoms. The maximum atomic E-state index is 12.6. The quantitative estimate of drug-likeness (QED) is 0.847. The van der Waals surface area contributed by atoms with Crippen molar-refractivity contribution >= 4 is 17.3 Å². The Hall–Kier alpha value is -1.86. The van der Waals surface area contributed by atoms with Crippen molar-refractivity contribution in [1.29, 1.82) is 0 Å². The summed E-state index contributed by atoms with van der Waals surface area (Å²) in [5, 5.41) is 9.28. The van der Waals surface area contributed by atoms with Crippen molar-refractivity contribution < 1.29 is 23.1 Å². The van der Waals surface area contributed by atoms with Gasteiger partial charge in [-0.25, -0.2) is 0 Å². The second-order valence-corrected chi connectivity index (χ2v) is 7.84. The zero-order valence-corrected chi connectivity index (χ0v) is 14.5. The number of thiophene rings is 1. The number of benzene rings is 1. The third-order valence-corrected chi connectivity index (χ3v) is 5.73. The summed E-state index contributed by atoms with van der Waals surface area (Å²) in [5.74, 6) is -0.772. The molecule has 1 unspecified atom stereocenters. The Morgan fingerprint density at radius 2 is 1.92 bits per heavy atom. The molecule has 1 fully saturated rings. The van der Waals surface area contributed by atoms with Gasteiger partial charge in [0.15, 0.2) is 0 Å². The predicted octanol–water partition coefficient (Wildman–Crippen LogP) is 4.73. The minimum atomic E-state index is -4.33. The molecule has 1 aliphatic heterocycles. The fraction of sp³-hybridized carbons (Fsp3) is 0.389. The minimum Gasteiger partial charge on any atom is -0.481 e. The molecule has 2 heterocycles. The van der Waals surface area contributed by atoms with Crippen LogP contribution in [0.1, 0.15) is 23.8 Å². The van der Waals surface area contributed by atoms with Crippen molar-refractivity contribution in [2.75, 3.05) is 13.1 Å². The van der Waals surface area contributed by atoms with E-state index in [1.165, 1.54) is 23.5 Å². The van der Waals surface area contributed by atoms with Gasteiger partial charge in [-0.05, 0) is 49.7 Å². The lowest BCUT2D eigenvalue weighted by molar-refractivity contribution is -0.147. The summed E-state index contributed by atoms with van der Waals surface area (Å²) >= 11 is 1.52. The number of nitrogens with zero attached hydrogens (tertiary/aromatic N) is 1. The third-order valence-electron chi connectivity index (χ3n) is 4.61. The monoisotopic (exact) mass is 369 g/mol. The first-order valence-electron chi connectivity index (χ1n) is 7.89. The second-order valence-electron chi connectivity index (χ2n) is 6.67. The van der Waals surface area contributed by atoms with Crippen LogP contribution < -0.4 is 0 Å². The van der Waals surface area contributed by atoms with Crippen LogP contribution in [0.2, 0.25) is 0 Å². The van der Waals surface area contributed by atoms with Gasteiger partial charge in [-0.15, -0.1) is 11.3 Å². The van der Waals surface area contributed by atoms with Gasteiger partial charge in [-0.3, -0.25) is 9.69 Å². The fourth-order valence-corrected chi connectivity index (χ4v) is 4.08. The van der Waals surface area contributed by atoms with Crippen LogP contribution >= 0.6 is 11.3 Å². The van der Waals surface area contributed by atoms with E-state index in [9.17, 15) is 23.1 Å². The molecule has 0 saturated carbocycles.